The van der Waals surface area contributed by atoms with E-state index in [2.05, 4.69) is 10.6 Å². The van der Waals surface area contributed by atoms with Crippen molar-refractivity contribution in [3.8, 4) is 0 Å². The van der Waals surface area contributed by atoms with Gasteiger partial charge < -0.3 is 15.5 Å². The van der Waals surface area contributed by atoms with Gasteiger partial charge in [0.05, 0.1) is 0 Å². The number of benzene rings is 1. The highest BCUT2D eigenvalue weighted by atomic mass is 32.1. The van der Waals surface area contributed by atoms with E-state index in [1.165, 1.54) is 0 Å². The molecule has 0 aromatic heterocycles. The average Bonchev–Trinajstić information content (AvgIpc) is 2.92. The molecule has 5 heteroatoms. The maximum atomic E-state index is 12.3. The van der Waals surface area contributed by atoms with Gasteiger partial charge in [0.2, 0.25) is 0 Å². The van der Waals surface area contributed by atoms with Crippen LogP contribution in [0.15, 0.2) is 24.3 Å². The third kappa shape index (κ3) is 3.67. The summed E-state index contributed by atoms with van der Waals surface area (Å²) in [6.07, 6.45) is 2.21. The zero-order valence-electron chi connectivity index (χ0n) is 11.1. The summed E-state index contributed by atoms with van der Waals surface area (Å²) >= 11 is 5.13. The van der Waals surface area contributed by atoms with Crippen LogP contribution in [0.4, 0.5) is 5.69 Å². The summed E-state index contributed by atoms with van der Waals surface area (Å²) in [5.74, 6) is 0.107. The van der Waals surface area contributed by atoms with Crippen molar-refractivity contribution >= 4 is 28.9 Å². The lowest BCUT2D eigenvalue weighted by Crippen LogP contribution is -2.29. The Bertz CT molecular complexity index is 470. The maximum Gasteiger partial charge on any atom is 0.253 e. The van der Waals surface area contributed by atoms with Crippen molar-refractivity contribution in [3.05, 3.63) is 29.8 Å². The lowest BCUT2D eigenvalue weighted by Gasteiger charge is -2.16. The third-order valence-corrected chi connectivity index (χ3v) is 3.34. The fourth-order valence-electron chi connectivity index (χ4n) is 2.17. The molecule has 102 valence electrons. The van der Waals surface area contributed by atoms with Crippen molar-refractivity contribution in [1.82, 2.24) is 10.2 Å². The van der Waals surface area contributed by atoms with Gasteiger partial charge >= 0.3 is 0 Å². The predicted octanol–water partition coefficient (Wildman–Crippen LogP) is 2.23. The lowest BCUT2D eigenvalue weighted by molar-refractivity contribution is 0.0793. The van der Waals surface area contributed by atoms with Crippen molar-refractivity contribution in [2.45, 2.75) is 19.8 Å². The van der Waals surface area contributed by atoms with Gasteiger partial charge in [0.25, 0.3) is 5.91 Å². The fraction of sp³-hybridized carbons (Fsp3) is 0.429. The summed E-state index contributed by atoms with van der Waals surface area (Å²) < 4.78 is 0. The van der Waals surface area contributed by atoms with Gasteiger partial charge in [0, 0.05) is 30.9 Å². The van der Waals surface area contributed by atoms with Crippen LogP contribution in [0.3, 0.4) is 0 Å². The monoisotopic (exact) mass is 277 g/mol. The van der Waals surface area contributed by atoms with E-state index in [4.69, 9.17) is 12.2 Å². The van der Waals surface area contributed by atoms with Gasteiger partial charge in [-0.3, -0.25) is 4.79 Å². The van der Waals surface area contributed by atoms with Gasteiger partial charge in [-0.25, -0.2) is 0 Å². The summed E-state index contributed by atoms with van der Waals surface area (Å²) in [6, 6.07) is 7.48. The number of rotatable bonds is 3. The number of amides is 1. The first kappa shape index (κ1) is 13.8. The largest absolute Gasteiger partial charge is 0.363 e. The molecule has 1 aliphatic heterocycles. The number of carbonyl (C=O) groups is 1. The number of nitrogens with zero attached hydrogens (tertiary/aromatic N) is 1. The van der Waals surface area contributed by atoms with Gasteiger partial charge in [-0.05, 0) is 50.2 Å². The third-order valence-electron chi connectivity index (χ3n) is 3.10. The molecule has 0 unspecified atom stereocenters. The Morgan fingerprint density at radius 1 is 1.37 bits per heavy atom. The highest BCUT2D eigenvalue weighted by Crippen LogP contribution is 2.16. The van der Waals surface area contributed by atoms with Crippen LogP contribution in [0, 0.1) is 0 Å². The molecule has 0 bridgehead atoms. The zero-order valence-corrected chi connectivity index (χ0v) is 11.9. The highest BCUT2D eigenvalue weighted by Gasteiger charge is 2.19. The molecule has 1 amide bonds. The van der Waals surface area contributed by atoms with E-state index in [-0.39, 0.29) is 5.91 Å². The van der Waals surface area contributed by atoms with Gasteiger partial charge in [-0.1, -0.05) is 6.07 Å². The predicted molar refractivity (Wildman–Crippen MR) is 81.5 cm³/mol. The molecule has 19 heavy (non-hydrogen) atoms. The Balaban J connectivity index is 2.05. The van der Waals surface area contributed by atoms with E-state index < -0.39 is 0 Å². The number of nitrogens with one attached hydrogen (secondary N) is 2. The van der Waals surface area contributed by atoms with Gasteiger partial charge in [-0.2, -0.15) is 0 Å². The van der Waals surface area contributed by atoms with Crippen molar-refractivity contribution in [2.24, 2.45) is 0 Å². The number of hydrogen-bond acceptors (Lipinski definition) is 2. The van der Waals surface area contributed by atoms with Crippen molar-refractivity contribution < 1.29 is 4.79 Å². The second kappa shape index (κ2) is 6.52. The van der Waals surface area contributed by atoms with E-state index in [0.717, 1.165) is 38.2 Å². The summed E-state index contributed by atoms with van der Waals surface area (Å²) in [7, 11) is 0. The first-order valence-corrected chi connectivity index (χ1v) is 7.05. The number of likely N-dealkylation sites (tertiary alicyclic amines) is 1. The van der Waals surface area contributed by atoms with Crippen LogP contribution in [0.25, 0.3) is 0 Å². The van der Waals surface area contributed by atoms with Crippen molar-refractivity contribution in [1.29, 1.82) is 0 Å². The standard InChI is InChI=1S/C14H19N3OS/c1-2-15-14(19)16-12-7-5-6-11(10-12)13(18)17-8-3-4-9-17/h5-7,10H,2-4,8-9H2,1H3,(H2,15,16,19). The molecular weight excluding hydrogens is 258 g/mol. The first-order chi connectivity index (χ1) is 9.20. The van der Waals surface area contributed by atoms with Crippen LogP contribution in [0.2, 0.25) is 0 Å². The SMILES string of the molecule is CCNC(=S)Nc1cccc(C(=O)N2CCCC2)c1. The topological polar surface area (TPSA) is 44.4 Å². The second-order valence-electron chi connectivity index (χ2n) is 4.56. The summed E-state index contributed by atoms with van der Waals surface area (Å²) in [4.78, 5) is 14.2. The number of carbonyl (C=O) groups excluding carboxylic acids is 1. The van der Waals surface area contributed by atoms with Gasteiger partial charge in [0.1, 0.15) is 0 Å². The quantitative estimate of drug-likeness (QED) is 0.832. The lowest BCUT2D eigenvalue weighted by atomic mass is 10.2. The number of thiocarbonyl (C=S) groups is 1. The van der Waals surface area contributed by atoms with E-state index in [1.54, 1.807) is 0 Å². The van der Waals surface area contributed by atoms with Crippen LogP contribution in [0.1, 0.15) is 30.1 Å². The van der Waals surface area contributed by atoms with Gasteiger partial charge in [-0.15, -0.1) is 0 Å². The first-order valence-electron chi connectivity index (χ1n) is 6.65. The van der Waals surface area contributed by atoms with Crippen LogP contribution in [-0.4, -0.2) is 35.6 Å². The minimum absolute atomic E-state index is 0.107. The van der Waals surface area contributed by atoms with E-state index in [1.807, 2.05) is 36.1 Å². The van der Waals surface area contributed by atoms with E-state index >= 15 is 0 Å². The Kier molecular flexibility index (Phi) is 4.74. The molecule has 1 aliphatic rings. The molecule has 0 spiro atoms. The van der Waals surface area contributed by atoms with Crippen LogP contribution < -0.4 is 10.6 Å². The Morgan fingerprint density at radius 3 is 2.79 bits per heavy atom. The summed E-state index contributed by atoms with van der Waals surface area (Å²) in [5.41, 5.74) is 1.56. The molecule has 1 aromatic carbocycles. The number of anilines is 1. The molecule has 1 aromatic rings. The van der Waals surface area contributed by atoms with E-state index in [9.17, 15) is 4.79 Å². The minimum atomic E-state index is 0.107. The summed E-state index contributed by atoms with van der Waals surface area (Å²) in [5, 5.41) is 6.68. The molecule has 0 aliphatic carbocycles. The zero-order chi connectivity index (χ0) is 13.7. The summed E-state index contributed by atoms with van der Waals surface area (Å²) in [6.45, 7) is 4.50. The molecule has 2 rings (SSSR count). The smallest absolute Gasteiger partial charge is 0.253 e. The molecule has 0 saturated carbocycles. The molecule has 2 N–H and O–H groups in total. The Hall–Kier alpha value is -1.62. The number of hydrogen-bond donors (Lipinski definition) is 2. The second-order valence-corrected chi connectivity index (χ2v) is 4.97. The van der Waals surface area contributed by atoms with E-state index in [0.29, 0.717) is 10.7 Å². The Labute approximate surface area is 119 Å². The maximum absolute atomic E-state index is 12.3. The minimum Gasteiger partial charge on any atom is -0.363 e. The fourth-order valence-corrected chi connectivity index (χ4v) is 2.43. The average molecular weight is 277 g/mol. The molecule has 0 radical (unpaired) electrons. The molecule has 1 heterocycles. The van der Waals surface area contributed by atoms with Crippen LogP contribution in [-0.2, 0) is 0 Å². The van der Waals surface area contributed by atoms with Crippen LogP contribution >= 0.6 is 12.2 Å². The van der Waals surface area contributed by atoms with Gasteiger partial charge in [0.15, 0.2) is 5.11 Å². The van der Waals surface area contributed by atoms with Crippen molar-refractivity contribution in [3.63, 3.8) is 0 Å². The highest BCUT2D eigenvalue weighted by molar-refractivity contribution is 7.80. The van der Waals surface area contributed by atoms with Crippen molar-refractivity contribution in [2.75, 3.05) is 25.0 Å². The molecule has 1 saturated heterocycles. The molecule has 0 atom stereocenters. The molecule has 4 nitrogen and oxygen atoms in total. The normalized spacial score (nSPS) is 14.3. The molecule has 1 fully saturated rings. The Morgan fingerprint density at radius 2 is 2.11 bits per heavy atom. The molecular formula is C14H19N3OS. The van der Waals surface area contributed by atoms with Crippen LogP contribution in [0.5, 0.6) is 0 Å².